The van der Waals surface area contributed by atoms with E-state index in [1.54, 1.807) is 10.6 Å². The van der Waals surface area contributed by atoms with E-state index in [4.69, 9.17) is 16.3 Å². The number of carbonyl (C=O) groups is 2. The molecule has 2 aromatic heterocycles. The summed E-state index contributed by atoms with van der Waals surface area (Å²) >= 11 is 6.62. The zero-order valence-electron chi connectivity index (χ0n) is 23.2. The number of aryl methyl sites for hydroxylation is 1. The Bertz CT molecular complexity index is 1590. The lowest BCUT2D eigenvalue weighted by Crippen LogP contribution is -2.51. The van der Waals surface area contributed by atoms with E-state index in [1.165, 1.54) is 15.8 Å². The number of halogens is 1. The second kappa shape index (κ2) is 10.1. The summed E-state index contributed by atoms with van der Waals surface area (Å²) in [6, 6.07) is 6.75. The molecule has 41 heavy (non-hydrogen) atoms. The molecule has 218 valence electrons. The van der Waals surface area contributed by atoms with E-state index in [1.807, 2.05) is 36.9 Å². The van der Waals surface area contributed by atoms with Crippen LogP contribution in [0.3, 0.4) is 0 Å². The number of nitrogens with zero attached hydrogens (tertiary/aromatic N) is 5. The van der Waals surface area contributed by atoms with Crippen LogP contribution in [0.25, 0.3) is 16.7 Å². The van der Waals surface area contributed by atoms with Gasteiger partial charge in [-0.15, -0.1) is 0 Å². The van der Waals surface area contributed by atoms with Crippen molar-refractivity contribution in [3.8, 4) is 5.69 Å². The molecule has 6 rings (SSSR count). The van der Waals surface area contributed by atoms with Gasteiger partial charge in [-0.2, -0.15) is 0 Å². The average Bonchev–Trinajstić information content (AvgIpc) is 3.61. The molecule has 3 aliphatic rings. The molecule has 0 bridgehead atoms. The van der Waals surface area contributed by atoms with E-state index in [2.05, 4.69) is 4.98 Å². The summed E-state index contributed by atoms with van der Waals surface area (Å²) in [7, 11) is 0. The Morgan fingerprint density at radius 1 is 1.15 bits per heavy atom. The molecular formula is C29H34ClN5O6. The maximum absolute atomic E-state index is 13.5. The van der Waals surface area contributed by atoms with Crippen molar-refractivity contribution < 1.29 is 24.5 Å². The Morgan fingerprint density at radius 3 is 2.54 bits per heavy atom. The molecule has 0 spiro atoms. The van der Waals surface area contributed by atoms with Crippen LogP contribution in [0.2, 0.25) is 5.15 Å². The van der Waals surface area contributed by atoms with Gasteiger partial charge in [-0.25, -0.2) is 9.78 Å². The number of hydrogen-bond donors (Lipinski definition) is 2. The van der Waals surface area contributed by atoms with E-state index in [0.29, 0.717) is 61.0 Å². The average molecular weight is 584 g/mol. The van der Waals surface area contributed by atoms with Gasteiger partial charge in [0.1, 0.15) is 11.5 Å². The summed E-state index contributed by atoms with van der Waals surface area (Å²) in [4.78, 5) is 45.7. The van der Waals surface area contributed by atoms with Gasteiger partial charge in [0.05, 0.1) is 36.8 Å². The molecule has 0 radical (unpaired) electrons. The number of hydrogen-bond acceptors (Lipinski definition) is 6. The summed E-state index contributed by atoms with van der Waals surface area (Å²) in [5.74, 6) is 0.158. The van der Waals surface area contributed by atoms with Crippen LogP contribution in [0, 0.1) is 12.3 Å². The van der Waals surface area contributed by atoms with E-state index in [9.17, 15) is 24.6 Å². The van der Waals surface area contributed by atoms with Crippen LogP contribution in [-0.2, 0) is 16.1 Å². The van der Waals surface area contributed by atoms with Gasteiger partial charge in [0.2, 0.25) is 5.91 Å². The molecule has 1 aromatic carbocycles. The van der Waals surface area contributed by atoms with Crippen molar-refractivity contribution in [2.75, 3.05) is 32.8 Å². The Balaban J connectivity index is 1.24. The van der Waals surface area contributed by atoms with Crippen LogP contribution in [0.15, 0.2) is 35.4 Å². The highest BCUT2D eigenvalue weighted by molar-refractivity contribution is 6.31. The number of aromatic nitrogens is 3. The van der Waals surface area contributed by atoms with Crippen LogP contribution in [-0.4, -0.2) is 84.6 Å². The summed E-state index contributed by atoms with van der Waals surface area (Å²) in [5.41, 5.74) is 1.11. The first-order valence-electron chi connectivity index (χ1n) is 14.0. The highest BCUT2D eigenvalue weighted by Gasteiger charge is 2.48. The number of amides is 2. The van der Waals surface area contributed by atoms with Crippen molar-refractivity contribution in [2.24, 2.45) is 5.41 Å². The fourth-order valence-electron chi connectivity index (χ4n) is 6.09. The molecule has 2 saturated heterocycles. The second-order valence-corrected chi connectivity index (χ2v) is 12.3. The van der Waals surface area contributed by atoms with Crippen LogP contribution < -0.4 is 5.56 Å². The minimum atomic E-state index is -1.12. The molecule has 2 aliphatic heterocycles. The molecule has 4 heterocycles. The number of fused-ring (bicyclic) bond motifs is 1. The third kappa shape index (κ3) is 5.00. The minimum absolute atomic E-state index is 0.0776. The lowest BCUT2D eigenvalue weighted by molar-refractivity contribution is -0.141. The maximum Gasteiger partial charge on any atom is 0.407 e. The Hall–Kier alpha value is -3.41. The van der Waals surface area contributed by atoms with Gasteiger partial charge in [-0.3, -0.25) is 23.6 Å². The Labute approximate surface area is 241 Å². The number of ether oxygens (including phenoxy) is 1. The first kappa shape index (κ1) is 27.7. The minimum Gasteiger partial charge on any atom is -0.465 e. The fourth-order valence-corrected chi connectivity index (χ4v) is 6.38. The first-order valence-corrected chi connectivity index (χ1v) is 14.3. The number of rotatable bonds is 5. The molecule has 1 aliphatic carbocycles. The highest BCUT2D eigenvalue weighted by atomic mass is 35.5. The molecule has 11 nitrogen and oxygen atoms in total. The Kier molecular flexibility index (Phi) is 6.87. The largest absolute Gasteiger partial charge is 0.465 e. The monoisotopic (exact) mass is 583 g/mol. The van der Waals surface area contributed by atoms with Gasteiger partial charge in [0.25, 0.3) is 5.56 Å². The molecule has 1 saturated carbocycles. The summed E-state index contributed by atoms with van der Waals surface area (Å²) < 4.78 is 8.66. The van der Waals surface area contributed by atoms with Crippen molar-refractivity contribution in [1.29, 1.82) is 0 Å². The molecular weight excluding hydrogens is 550 g/mol. The molecule has 0 unspecified atom stereocenters. The van der Waals surface area contributed by atoms with E-state index in [-0.39, 0.29) is 30.0 Å². The number of piperidine rings is 1. The molecule has 2 amide bonds. The molecule has 1 atom stereocenters. The highest BCUT2D eigenvalue weighted by Crippen LogP contribution is 2.47. The normalized spacial score (nSPS) is 21.7. The van der Waals surface area contributed by atoms with Crippen molar-refractivity contribution in [1.82, 2.24) is 23.9 Å². The number of benzene rings is 1. The van der Waals surface area contributed by atoms with Gasteiger partial charge in [0.15, 0.2) is 5.65 Å². The van der Waals surface area contributed by atoms with Gasteiger partial charge < -0.3 is 19.8 Å². The predicted octanol–water partition coefficient (Wildman–Crippen LogP) is 3.35. The third-order valence-corrected chi connectivity index (χ3v) is 9.23. The lowest BCUT2D eigenvalue weighted by atomic mass is 9.90. The fraction of sp³-hybridized carbons (Fsp3) is 0.517. The summed E-state index contributed by atoms with van der Waals surface area (Å²) in [6.45, 7) is 5.84. The smallest absolute Gasteiger partial charge is 0.407 e. The maximum atomic E-state index is 13.5. The van der Waals surface area contributed by atoms with E-state index >= 15 is 0 Å². The van der Waals surface area contributed by atoms with Gasteiger partial charge in [-0.1, -0.05) is 24.6 Å². The zero-order chi connectivity index (χ0) is 29.1. The number of likely N-dealkylation sites (tertiary alicyclic amines) is 1. The SMILES string of the molecule is Cc1cc(-n2c(Cl)cc3c(=O)n(CC4(O)CCN(C(=O)C5(C)CC5)CC4)cnc32)ccc1[C@@H]1COCCN1C(=O)O. The van der Waals surface area contributed by atoms with Crippen molar-refractivity contribution in [3.63, 3.8) is 0 Å². The van der Waals surface area contributed by atoms with Crippen molar-refractivity contribution in [2.45, 2.75) is 57.7 Å². The number of aliphatic hydroxyl groups is 1. The number of carboxylic acid groups (broad SMARTS) is 1. The summed E-state index contributed by atoms with van der Waals surface area (Å²) in [6.07, 6.45) is 3.05. The van der Waals surface area contributed by atoms with Crippen LogP contribution >= 0.6 is 11.6 Å². The molecule has 12 heteroatoms. The van der Waals surface area contributed by atoms with Gasteiger partial charge in [0, 0.05) is 30.7 Å². The Morgan fingerprint density at radius 2 is 1.88 bits per heavy atom. The quantitative estimate of drug-likeness (QED) is 0.471. The molecule has 2 N–H and O–H groups in total. The van der Waals surface area contributed by atoms with Crippen LogP contribution in [0.4, 0.5) is 4.79 Å². The van der Waals surface area contributed by atoms with Crippen LogP contribution in [0.5, 0.6) is 0 Å². The van der Waals surface area contributed by atoms with Crippen molar-refractivity contribution >= 4 is 34.6 Å². The number of morpholine rings is 1. The topological polar surface area (TPSA) is 130 Å². The number of carbonyl (C=O) groups excluding carboxylic acids is 1. The third-order valence-electron chi connectivity index (χ3n) is 8.95. The van der Waals surface area contributed by atoms with E-state index in [0.717, 1.165) is 24.0 Å². The van der Waals surface area contributed by atoms with Gasteiger partial charge in [-0.05, 0) is 61.9 Å². The van der Waals surface area contributed by atoms with Crippen LogP contribution in [0.1, 0.15) is 49.8 Å². The summed E-state index contributed by atoms with van der Waals surface area (Å²) in [5, 5.41) is 21.6. The van der Waals surface area contributed by atoms with Crippen molar-refractivity contribution in [3.05, 3.63) is 57.2 Å². The predicted molar refractivity (Wildman–Crippen MR) is 151 cm³/mol. The molecule has 3 fully saturated rings. The second-order valence-electron chi connectivity index (χ2n) is 11.9. The lowest BCUT2D eigenvalue weighted by Gasteiger charge is -2.39. The first-order chi connectivity index (χ1) is 19.5. The van der Waals surface area contributed by atoms with E-state index < -0.39 is 17.7 Å². The standard InChI is InChI=1S/C29H34ClN5O6/c1-18-13-19(3-4-20(18)22-15-41-12-11-34(22)27(38)39)35-23(30)14-21-24(35)31-17-33(25(21)36)16-29(40)7-9-32(10-8-29)26(37)28(2)5-6-28/h3-4,13-14,17,22,40H,5-12,15-16H2,1-2H3,(H,38,39)/t22-/m0/s1. The zero-order valence-corrected chi connectivity index (χ0v) is 23.9. The van der Waals surface area contributed by atoms with Gasteiger partial charge >= 0.3 is 6.09 Å². The molecule has 3 aromatic rings.